The number of aryl methyl sites for hydroxylation is 1. The molecule has 3 heterocycles. The number of hydrogen-bond donors (Lipinski definition) is 4. The van der Waals surface area contributed by atoms with Crippen LogP contribution in [-0.4, -0.2) is 31.9 Å². The number of fused-ring (bicyclic) bond motifs is 1. The summed E-state index contributed by atoms with van der Waals surface area (Å²) in [6.45, 7) is 4.04. The summed E-state index contributed by atoms with van der Waals surface area (Å²) in [5.74, 6) is -0.948. The van der Waals surface area contributed by atoms with Gasteiger partial charge in [-0.3, -0.25) is 9.59 Å². The van der Waals surface area contributed by atoms with Crippen molar-refractivity contribution in [3.8, 4) is 0 Å². The van der Waals surface area contributed by atoms with Gasteiger partial charge in [-0.2, -0.15) is 0 Å². The van der Waals surface area contributed by atoms with E-state index in [-0.39, 0.29) is 23.3 Å². The minimum absolute atomic E-state index is 0.0322. The Labute approximate surface area is 193 Å². The number of carboxylic acid groups (broad SMARTS) is 1. The summed E-state index contributed by atoms with van der Waals surface area (Å²) in [4.78, 5) is 35.6. The monoisotopic (exact) mass is 469 g/mol. The van der Waals surface area contributed by atoms with E-state index in [0.29, 0.717) is 40.6 Å². The van der Waals surface area contributed by atoms with Gasteiger partial charge < -0.3 is 20.7 Å². The maximum Gasteiger partial charge on any atom is 0.303 e. The van der Waals surface area contributed by atoms with Gasteiger partial charge in [0, 0.05) is 23.5 Å². The molecule has 0 atom stereocenters. The Bertz CT molecular complexity index is 1290. The molecule has 170 valence electrons. The number of rotatable bonds is 7. The zero-order valence-corrected chi connectivity index (χ0v) is 18.6. The molecule has 4 rings (SSSR count). The molecule has 1 amide bonds. The average Bonchev–Trinajstić information content (AvgIpc) is 3.31. The van der Waals surface area contributed by atoms with Crippen molar-refractivity contribution >= 4 is 52.4 Å². The Morgan fingerprint density at radius 1 is 1.30 bits per heavy atom. The van der Waals surface area contributed by atoms with E-state index in [9.17, 15) is 14.0 Å². The minimum atomic E-state index is -0.900. The lowest BCUT2D eigenvalue weighted by Crippen LogP contribution is -2.04. The molecule has 0 saturated heterocycles. The molecule has 0 unspecified atom stereocenters. The number of anilines is 3. The SMILES string of the molecule is CC(C)c1cc(CCC(=O)O)c(/C=C2\C(=O)Nc3ncnc(Nc4ccc(F)c(Cl)c4)c32)[nH]1. The second-order valence-corrected chi connectivity index (χ2v) is 8.33. The number of H-pyrrole nitrogens is 1. The lowest BCUT2D eigenvalue weighted by molar-refractivity contribution is -0.137. The molecule has 1 aliphatic rings. The van der Waals surface area contributed by atoms with E-state index in [1.54, 1.807) is 6.08 Å². The molecule has 0 spiro atoms. The second-order valence-electron chi connectivity index (χ2n) is 7.92. The molecule has 8 nitrogen and oxygen atoms in total. The van der Waals surface area contributed by atoms with E-state index < -0.39 is 11.8 Å². The van der Waals surface area contributed by atoms with Crippen LogP contribution in [0.4, 0.5) is 21.7 Å². The predicted molar refractivity (Wildman–Crippen MR) is 124 cm³/mol. The number of benzene rings is 1. The lowest BCUT2D eigenvalue weighted by Gasteiger charge is -2.10. The third-order valence-electron chi connectivity index (χ3n) is 5.25. The van der Waals surface area contributed by atoms with E-state index in [1.165, 1.54) is 24.5 Å². The summed E-state index contributed by atoms with van der Waals surface area (Å²) in [5, 5.41) is 14.8. The van der Waals surface area contributed by atoms with Crippen LogP contribution >= 0.6 is 11.6 Å². The average molecular weight is 470 g/mol. The lowest BCUT2D eigenvalue weighted by atomic mass is 10.0. The van der Waals surface area contributed by atoms with Gasteiger partial charge in [-0.25, -0.2) is 14.4 Å². The van der Waals surface area contributed by atoms with Crippen molar-refractivity contribution in [2.75, 3.05) is 10.6 Å². The molecular formula is C23H21ClFN5O3. The highest BCUT2D eigenvalue weighted by Crippen LogP contribution is 2.38. The molecule has 1 aliphatic heterocycles. The summed E-state index contributed by atoms with van der Waals surface area (Å²) in [6, 6.07) is 6.08. The van der Waals surface area contributed by atoms with Crippen LogP contribution in [0.1, 0.15) is 48.7 Å². The van der Waals surface area contributed by atoms with Crippen molar-refractivity contribution in [2.24, 2.45) is 0 Å². The Morgan fingerprint density at radius 3 is 2.79 bits per heavy atom. The first kappa shape index (κ1) is 22.5. The number of hydrogen-bond acceptors (Lipinski definition) is 5. The minimum Gasteiger partial charge on any atom is -0.481 e. The highest BCUT2D eigenvalue weighted by atomic mass is 35.5. The van der Waals surface area contributed by atoms with Gasteiger partial charge in [0.25, 0.3) is 5.91 Å². The molecule has 4 N–H and O–H groups in total. The summed E-state index contributed by atoms with van der Waals surface area (Å²) in [6.07, 6.45) is 3.27. The quantitative estimate of drug-likeness (QED) is 0.362. The summed E-state index contributed by atoms with van der Waals surface area (Å²) >= 11 is 5.88. The number of nitrogens with one attached hydrogen (secondary N) is 3. The van der Waals surface area contributed by atoms with E-state index in [1.807, 2.05) is 19.9 Å². The van der Waals surface area contributed by atoms with E-state index in [0.717, 1.165) is 11.3 Å². The van der Waals surface area contributed by atoms with E-state index in [2.05, 4.69) is 25.6 Å². The largest absolute Gasteiger partial charge is 0.481 e. The van der Waals surface area contributed by atoms with Crippen molar-refractivity contribution in [1.82, 2.24) is 15.0 Å². The zero-order valence-electron chi connectivity index (χ0n) is 17.9. The van der Waals surface area contributed by atoms with Gasteiger partial charge in [-0.05, 0) is 48.2 Å². The van der Waals surface area contributed by atoms with Gasteiger partial charge >= 0.3 is 5.97 Å². The third kappa shape index (κ3) is 4.73. The summed E-state index contributed by atoms with van der Waals surface area (Å²) in [5.41, 5.74) is 3.64. The second kappa shape index (κ2) is 9.03. The Morgan fingerprint density at radius 2 is 2.09 bits per heavy atom. The van der Waals surface area contributed by atoms with Crippen molar-refractivity contribution in [3.63, 3.8) is 0 Å². The van der Waals surface area contributed by atoms with Crippen molar-refractivity contribution in [1.29, 1.82) is 0 Å². The van der Waals surface area contributed by atoms with Crippen LogP contribution in [0.2, 0.25) is 5.02 Å². The van der Waals surface area contributed by atoms with E-state index in [4.69, 9.17) is 16.7 Å². The van der Waals surface area contributed by atoms with Crippen molar-refractivity contribution in [3.05, 3.63) is 63.9 Å². The smallest absolute Gasteiger partial charge is 0.303 e. The van der Waals surface area contributed by atoms with Crippen LogP contribution in [-0.2, 0) is 16.0 Å². The number of halogens is 2. The maximum absolute atomic E-state index is 13.5. The number of amides is 1. The van der Waals surface area contributed by atoms with Crippen molar-refractivity contribution < 1.29 is 19.1 Å². The molecule has 0 saturated carbocycles. The predicted octanol–water partition coefficient (Wildman–Crippen LogP) is 4.97. The Balaban J connectivity index is 1.76. The van der Waals surface area contributed by atoms with E-state index >= 15 is 0 Å². The molecule has 2 aromatic heterocycles. The highest BCUT2D eigenvalue weighted by molar-refractivity contribution is 6.35. The Kier molecular flexibility index (Phi) is 6.15. The van der Waals surface area contributed by atoms with Gasteiger partial charge in [0.2, 0.25) is 0 Å². The standard InChI is InChI=1S/C23H21ClFN5O3/c1-11(2)17-7-12(3-6-19(31)32)18(29-17)9-14-20-21(26-10-27-22(20)30-23(14)33)28-13-4-5-16(25)15(24)8-13/h4-5,7-11,29H,3,6H2,1-2H3,(H,31,32)(H2,26,27,28,30,33)/b14-9-. The highest BCUT2D eigenvalue weighted by Gasteiger charge is 2.30. The van der Waals surface area contributed by atoms with Crippen LogP contribution in [0.15, 0.2) is 30.6 Å². The van der Waals surface area contributed by atoms with Gasteiger partial charge in [0.05, 0.1) is 16.2 Å². The molecule has 1 aromatic carbocycles. The van der Waals surface area contributed by atoms with Crippen molar-refractivity contribution in [2.45, 2.75) is 32.6 Å². The molecule has 0 fully saturated rings. The number of nitrogens with zero attached hydrogens (tertiary/aromatic N) is 2. The fourth-order valence-electron chi connectivity index (χ4n) is 3.54. The molecule has 0 bridgehead atoms. The number of aromatic amines is 1. The van der Waals surface area contributed by atoms with Gasteiger partial charge in [0.15, 0.2) is 0 Å². The number of aromatic nitrogens is 3. The van der Waals surface area contributed by atoms with Crippen LogP contribution in [0.25, 0.3) is 11.6 Å². The number of carbonyl (C=O) groups excluding carboxylic acids is 1. The maximum atomic E-state index is 13.5. The summed E-state index contributed by atoms with van der Waals surface area (Å²) < 4.78 is 13.5. The first-order valence-corrected chi connectivity index (χ1v) is 10.6. The van der Waals surface area contributed by atoms with Crippen LogP contribution < -0.4 is 10.6 Å². The number of carboxylic acids is 1. The third-order valence-corrected chi connectivity index (χ3v) is 5.54. The normalized spacial score (nSPS) is 14.0. The van der Waals surface area contributed by atoms with Gasteiger partial charge in [0.1, 0.15) is 23.8 Å². The van der Waals surface area contributed by atoms with Gasteiger partial charge in [-0.1, -0.05) is 25.4 Å². The first-order chi connectivity index (χ1) is 15.7. The molecule has 0 aliphatic carbocycles. The molecule has 0 radical (unpaired) electrons. The fraction of sp³-hybridized carbons (Fsp3) is 0.217. The fourth-order valence-corrected chi connectivity index (χ4v) is 3.72. The first-order valence-electron chi connectivity index (χ1n) is 10.3. The zero-order chi connectivity index (χ0) is 23.7. The number of aliphatic carboxylic acids is 1. The summed E-state index contributed by atoms with van der Waals surface area (Å²) in [7, 11) is 0. The topological polar surface area (TPSA) is 120 Å². The van der Waals surface area contributed by atoms with Crippen LogP contribution in [0.3, 0.4) is 0 Å². The molecule has 3 aromatic rings. The molecule has 33 heavy (non-hydrogen) atoms. The molecular weight excluding hydrogens is 449 g/mol. The van der Waals surface area contributed by atoms with Crippen LogP contribution in [0.5, 0.6) is 0 Å². The Hall–Kier alpha value is -3.72. The molecule has 10 heteroatoms. The number of carbonyl (C=O) groups is 2. The van der Waals surface area contributed by atoms with Crippen LogP contribution in [0, 0.1) is 5.82 Å². The van der Waals surface area contributed by atoms with Gasteiger partial charge in [-0.15, -0.1) is 0 Å².